The van der Waals surface area contributed by atoms with Crippen molar-refractivity contribution < 1.29 is 35.1 Å². The first-order chi connectivity index (χ1) is 34.1. The fourth-order valence-electron chi connectivity index (χ4n) is 10.7. The van der Waals surface area contributed by atoms with Gasteiger partial charge in [-0.3, -0.25) is 14.4 Å². The van der Waals surface area contributed by atoms with E-state index in [1.165, 1.54) is 10.4 Å². The molecule has 10 aromatic rings. The second-order valence-electron chi connectivity index (χ2n) is 19.8. The number of hydrogen-bond donors (Lipinski definition) is 0. The van der Waals surface area contributed by atoms with Crippen molar-refractivity contribution in [2.24, 2.45) is 4.90 Å². The second kappa shape index (κ2) is 17.1. The van der Waals surface area contributed by atoms with Crippen molar-refractivity contribution in [1.82, 2.24) is 9.55 Å². The van der Waals surface area contributed by atoms with Crippen LogP contribution in [0.5, 0.6) is 17.2 Å². The molecule has 0 N–H and O–H groups in total. The summed E-state index contributed by atoms with van der Waals surface area (Å²) in [7, 11) is -2.26. The molecule has 0 aliphatic carbocycles. The van der Waals surface area contributed by atoms with Crippen LogP contribution in [0.3, 0.4) is 0 Å². The minimum atomic E-state index is -2.26. The molecule has 7 nitrogen and oxygen atoms in total. The summed E-state index contributed by atoms with van der Waals surface area (Å²) in [5.74, 6) is 2.52. The molecule has 2 aromatic heterocycles. The van der Waals surface area contributed by atoms with E-state index < -0.39 is 8.07 Å². The number of rotatable bonds is 7. The Balaban J connectivity index is 0.00000517. The van der Waals surface area contributed by atoms with E-state index in [-0.39, 0.29) is 33.3 Å². The summed E-state index contributed by atoms with van der Waals surface area (Å²) in [5, 5.41) is 2.62. The molecule has 0 radical (unpaired) electrons. The smallest absolute Gasteiger partial charge is 0.287 e. The zero-order valence-electron chi connectivity index (χ0n) is 39.8. The van der Waals surface area contributed by atoms with Crippen LogP contribution in [0.4, 0.5) is 11.5 Å². The van der Waals surface area contributed by atoms with Crippen LogP contribution in [-0.4, -0.2) is 30.5 Å². The van der Waals surface area contributed by atoms with E-state index in [1.54, 1.807) is 0 Å². The summed E-state index contributed by atoms with van der Waals surface area (Å²) in [6, 6.07) is 72.0. The maximum atomic E-state index is 6.90. The van der Waals surface area contributed by atoms with Gasteiger partial charge in [0, 0.05) is 52.4 Å². The topological polar surface area (TPSA) is 55.8 Å². The van der Waals surface area contributed by atoms with E-state index in [2.05, 4.69) is 225 Å². The average Bonchev–Trinajstić information content (AvgIpc) is 3.98. The molecular weight excluding hydrogens is 1070 g/mol. The molecule has 0 unspecified atom stereocenters. The molecule has 0 spiro atoms. The van der Waals surface area contributed by atoms with E-state index >= 15 is 0 Å². The standard InChI is InChI=1S/C61H46BN5O2Si.Pt/c1-61(2,3)48-35-36-63-59-58(48)69-60-64-62(49-28-16-15-25-45(49)40-19-9-6-10-20-40)50-33-31-43(37-52(50)67(59)60)68-44-32-34-54-53(38-44)66-39-65(51-29-18-30-55(57(51)66)70(54,4)5)56-46(41-21-11-7-12-22-41)26-17-27-47(56)42-23-13-8-14-24-42;/h6-36H,1-5H3;/q-2;. The number of anilines is 2. The molecule has 0 atom stereocenters. The van der Waals surface area contributed by atoms with Gasteiger partial charge in [-0.1, -0.05) is 202 Å². The first-order valence-corrected chi connectivity index (χ1v) is 26.9. The zero-order valence-corrected chi connectivity index (χ0v) is 43.1. The van der Waals surface area contributed by atoms with Crippen LogP contribution in [0.15, 0.2) is 193 Å². The van der Waals surface area contributed by atoms with E-state index in [0.717, 1.165) is 78.0 Å². The maximum absolute atomic E-state index is 6.90. The fourth-order valence-corrected chi connectivity index (χ4v) is 13.6. The van der Waals surface area contributed by atoms with Gasteiger partial charge in [-0.2, -0.15) is 12.1 Å². The summed E-state index contributed by atoms with van der Waals surface area (Å²) in [6.45, 7) is 11.0. The van der Waals surface area contributed by atoms with Crippen molar-refractivity contribution in [3.63, 3.8) is 0 Å². The van der Waals surface area contributed by atoms with Gasteiger partial charge in [0.25, 0.3) is 19.2 Å². The summed E-state index contributed by atoms with van der Waals surface area (Å²) < 4.78 is 18.1. The quantitative estimate of drug-likeness (QED) is 0.0907. The van der Waals surface area contributed by atoms with Crippen molar-refractivity contribution in [1.29, 1.82) is 0 Å². The van der Waals surface area contributed by atoms with Crippen LogP contribution in [-0.2, 0) is 26.5 Å². The summed E-state index contributed by atoms with van der Waals surface area (Å²) in [4.78, 5) is 12.3. The predicted molar refractivity (Wildman–Crippen MR) is 285 cm³/mol. The van der Waals surface area contributed by atoms with Crippen molar-refractivity contribution in [2.75, 3.05) is 4.90 Å². The minimum absolute atomic E-state index is 0. The molecular formula is C61H46BN5O2PtSi-2. The third-order valence-corrected chi connectivity index (χ3v) is 17.6. The van der Waals surface area contributed by atoms with Gasteiger partial charge in [0.15, 0.2) is 11.6 Å². The monoisotopic (exact) mass is 1110 g/mol. The number of nitrogens with zero attached hydrogens (tertiary/aromatic N) is 5. The van der Waals surface area contributed by atoms with Gasteiger partial charge in [-0.05, 0) is 50.5 Å². The molecule has 0 saturated carbocycles. The van der Waals surface area contributed by atoms with E-state index in [9.17, 15) is 0 Å². The predicted octanol–water partition coefficient (Wildman–Crippen LogP) is 10.9. The first kappa shape index (κ1) is 44.6. The number of benzene rings is 8. The third kappa shape index (κ3) is 7.24. The maximum Gasteiger partial charge on any atom is 0.287 e. The van der Waals surface area contributed by atoms with Crippen LogP contribution in [0.2, 0.25) is 13.1 Å². The van der Waals surface area contributed by atoms with Crippen molar-refractivity contribution in [3.05, 3.63) is 212 Å². The van der Waals surface area contributed by atoms with Gasteiger partial charge in [0.05, 0.1) is 16.7 Å². The van der Waals surface area contributed by atoms with Gasteiger partial charge in [-0.25, -0.2) is 4.98 Å². The molecule has 10 heteroatoms. The zero-order chi connectivity index (χ0) is 47.3. The number of ether oxygens (including phenoxy) is 2. The SMILES string of the molecule is CC(C)(C)c1ccnc2c1OC1=NB(c3ccccc3-c3ccccc3)c3ccc(Oc4[c-]c5c(cc4)[Si](C)(C)c4cccc6c4n-5[c-][n+]6-c4c(-c5ccccc5)cccc4-c4ccccc4)[c-]c3N12.[Pt]. The van der Waals surface area contributed by atoms with Gasteiger partial charge >= 0.3 is 0 Å². The molecule has 3 aliphatic heterocycles. The van der Waals surface area contributed by atoms with E-state index in [4.69, 9.17) is 19.4 Å². The van der Waals surface area contributed by atoms with Crippen LogP contribution in [0.25, 0.3) is 55.8 Å². The molecule has 3 aliphatic rings. The number of para-hydroxylation sites is 2. The Bertz CT molecular complexity index is 3700. The van der Waals surface area contributed by atoms with Crippen LogP contribution >= 0.6 is 0 Å². The Morgan fingerprint density at radius 3 is 1.87 bits per heavy atom. The van der Waals surface area contributed by atoms with Crippen molar-refractivity contribution >= 4 is 64.8 Å². The summed E-state index contributed by atoms with van der Waals surface area (Å²) >= 11 is 0. The van der Waals surface area contributed by atoms with Crippen LogP contribution in [0, 0.1) is 18.5 Å². The Labute approximate surface area is 430 Å². The Morgan fingerprint density at radius 2 is 1.20 bits per heavy atom. The number of amidine groups is 1. The van der Waals surface area contributed by atoms with Gasteiger partial charge < -0.3 is 14.0 Å². The van der Waals surface area contributed by atoms with E-state index in [0.29, 0.717) is 29.1 Å². The van der Waals surface area contributed by atoms with Crippen molar-refractivity contribution in [2.45, 2.75) is 39.3 Å². The third-order valence-electron chi connectivity index (χ3n) is 14.1. The number of pyridine rings is 1. The first-order valence-electron chi connectivity index (χ1n) is 23.9. The number of fused-ring (bicyclic) bond motifs is 7. The molecule has 0 bridgehead atoms. The largest absolute Gasteiger partial charge is 0.510 e. The number of imidazole rings is 1. The Morgan fingerprint density at radius 1 is 0.606 bits per heavy atom. The molecule has 0 fully saturated rings. The Hall–Kier alpha value is -7.58. The van der Waals surface area contributed by atoms with Crippen molar-refractivity contribution in [3.8, 4) is 62.0 Å². The molecule has 13 rings (SSSR count). The van der Waals surface area contributed by atoms with Crippen LogP contribution in [0.1, 0.15) is 26.3 Å². The van der Waals surface area contributed by atoms with E-state index in [1.807, 2.05) is 29.3 Å². The molecule has 8 aromatic carbocycles. The molecule has 71 heavy (non-hydrogen) atoms. The fraction of sp³-hybridized carbons (Fsp3) is 0.0984. The normalized spacial score (nSPS) is 13.8. The molecule has 346 valence electrons. The van der Waals surface area contributed by atoms with Gasteiger partial charge in [0.2, 0.25) is 0 Å². The van der Waals surface area contributed by atoms with Gasteiger partial charge in [-0.15, -0.1) is 34.9 Å². The second-order valence-corrected chi connectivity index (χ2v) is 24.1. The molecule has 5 heterocycles. The summed E-state index contributed by atoms with van der Waals surface area (Å²) in [5.41, 5.74) is 14.7. The minimum Gasteiger partial charge on any atom is -0.510 e. The van der Waals surface area contributed by atoms with Gasteiger partial charge in [0.1, 0.15) is 0 Å². The molecule has 0 saturated heterocycles. The average molecular weight is 1120 g/mol. The number of aromatic nitrogens is 3. The molecule has 0 amide bonds. The van der Waals surface area contributed by atoms with Crippen LogP contribution < -0.4 is 40.2 Å². The Kier molecular flexibility index (Phi) is 10.7. The summed E-state index contributed by atoms with van der Waals surface area (Å²) in [6.07, 6.45) is 5.76. The number of hydrogen-bond acceptors (Lipinski definition) is 5.